The summed E-state index contributed by atoms with van der Waals surface area (Å²) in [6.07, 6.45) is 0.755. The van der Waals surface area contributed by atoms with Crippen molar-refractivity contribution in [2.24, 2.45) is 0 Å². The van der Waals surface area contributed by atoms with Gasteiger partial charge in [-0.2, -0.15) is 11.8 Å². The molecule has 0 fully saturated rings. The molecule has 0 unspecified atom stereocenters. The van der Waals surface area contributed by atoms with Crippen LogP contribution in [-0.4, -0.2) is 29.0 Å². The number of aliphatic hydroxyl groups excluding tert-OH is 1. The highest BCUT2D eigenvalue weighted by atomic mass is 32.2. The summed E-state index contributed by atoms with van der Waals surface area (Å²) in [4.78, 5) is 11.9. The van der Waals surface area contributed by atoms with E-state index in [4.69, 9.17) is 5.11 Å². The van der Waals surface area contributed by atoms with Gasteiger partial charge in [0.05, 0.1) is 5.75 Å². The fourth-order valence-electron chi connectivity index (χ4n) is 1.45. The van der Waals surface area contributed by atoms with Crippen LogP contribution in [0.4, 0.5) is 0 Å². The molecule has 0 saturated carbocycles. The smallest absolute Gasteiger partial charge is 0.172 e. The highest BCUT2D eigenvalue weighted by Gasteiger charge is 2.08. The second-order valence-electron chi connectivity index (χ2n) is 3.87. The second-order valence-corrected chi connectivity index (χ2v) is 4.98. The SMILES string of the molecule is Cc1ccc(C)c(C(=O)CSCCCO)c1. The Labute approximate surface area is 101 Å². The molecule has 0 aliphatic carbocycles. The molecule has 3 heteroatoms. The van der Waals surface area contributed by atoms with E-state index < -0.39 is 0 Å². The van der Waals surface area contributed by atoms with Crippen molar-refractivity contribution in [2.45, 2.75) is 20.3 Å². The standard InChI is InChI=1S/C13H18O2S/c1-10-4-5-11(2)12(8-10)13(15)9-16-7-3-6-14/h4-5,8,14H,3,6-7,9H2,1-2H3. The van der Waals surface area contributed by atoms with Gasteiger partial charge in [-0.3, -0.25) is 4.79 Å². The van der Waals surface area contributed by atoms with Gasteiger partial charge in [0.25, 0.3) is 0 Å². The van der Waals surface area contributed by atoms with Gasteiger partial charge in [0.15, 0.2) is 5.78 Å². The van der Waals surface area contributed by atoms with Crippen LogP contribution in [0.1, 0.15) is 27.9 Å². The van der Waals surface area contributed by atoms with Gasteiger partial charge in [-0.25, -0.2) is 0 Å². The van der Waals surface area contributed by atoms with Crippen LogP contribution in [-0.2, 0) is 0 Å². The van der Waals surface area contributed by atoms with Crippen molar-refractivity contribution in [3.63, 3.8) is 0 Å². The Kier molecular flexibility index (Phi) is 5.56. The van der Waals surface area contributed by atoms with E-state index in [1.165, 1.54) is 0 Å². The molecular weight excluding hydrogens is 220 g/mol. The number of ketones is 1. The Hall–Kier alpha value is -0.800. The number of hydrogen-bond acceptors (Lipinski definition) is 3. The number of carbonyl (C=O) groups excluding carboxylic acids is 1. The molecule has 1 aromatic carbocycles. The van der Waals surface area contributed by atoms with Crippen molar-refractivity contribution in [3.8, 4) is 0 Å². The summed E-state index contributed by atoms with van der Waals surface area (Å²) in [7, 11) is 0. The summed E-state index contributed by atoms with van der Waals surface area (Å²) < 4.78 is 0. The highest BCUT2D eigenvalue weighted by molar-refractivity contribution is 7.99. The summed E-state index contributed by atoms with van der Waals surface area (Å²) >= 11 is 1.59. The van der Waals surface area contributed by atoms with Crippen LogP contribution in [0.3, 0.4) is 0 Å². The predicted octanol–water partition coefficient (Wildman–Crippen LogP) is 2.60. The largest absolute Gasteiger partial charge is 0.396 e. The van der Waals surface area contributed by atoms with Gasteiger partial charge in [0, 0.05) is 12.2 Å². The van der Waals surface area contributed by atoms with Crippen LogP contribution in [0.15, 0.2) is 18.2 Å². The molecular formula is C13H18O2S. The van der Waals surface area contributed by atoms with Crippen molar-refractivity contribution in [3.05, 3.63) is 34.9 Å². The van der Waals surface area contributed by atoms with Crippen molar-refractivity contribution < 1.29 is 9.90 Å². The van der Waals surface area contributed by atoms with Crippen LogP contribution >= 0.6 is 11.8 Å². The number of Topliss-reactive ketones (excluding diaryl/α,β-unsaturated/α-hetero) is 1. The Morgan fingerprint density at radius 3 is 2.81 bits per heavy atom. The first-order chi connectivity index (χ1) is 7.65. The van der Waals surface area contributed by atoms with Crippen LogP contribution in [0.2, 0.25) is 0 Å². The lowest BCUT2D eigenvalue weighted by Gasteiger charge is -2.05. The molecule has 0 aliphatic heterocycles. The second kappa shape index (κ2) is 6.71. The van der Waals surface area contributed by atoms with Crippen molar-refractivity contribution in [1.82, 2.24) is 0 Å². The number of benzene rings is 1. The molecule has 0 aromatic heterocycles. The average Bonchev–Trinajstić information content (AvgIpc) is 2.27. The van der Waals surface area contributed by atoms with E-state index in [1.54, 1.807) is 11.8 Å². The van der Waals surface area contributed by atoms with Gasteiger partial charge in [0.2, 0.25) is 0 Å². The molecule has 0 radical (unpaired) electrons. The first-order valence-electron chi connectivity index (χ1n) is 5.44. The lowest BCUT2D eigenvalue weighted by atomic mass is 10.0. The van der Waals surface area contributed by atoms with Crippen molar-refractivity contribution in [2.75, 3.05) is 18.1 Å². The number of aliphatic hydroxyl groups is 1. The van der Waals surface area contributed by atoms with E-state index in [2.05, 4.69) is 0 Å². The van der Waals surface area contributed by atoms with Crippen molar-refractivity contribution >= 4 is 17.5 Å². The van der Waals surface area contributed by atoms with Crippen LogP contribution < -0.4 is 0 Å². The normalized spacial score (nSPS) is 10.4. The Morgan fingerprint density at radius 2 is 2.12 bits per heavy atom. The summed E-state index contributed by atoms with van der Waals surface area (Å²) in [5, 5.41) is 8.63. The molecule has 1 rings (SSSR count). The first-order valence-corrected chi connectivity index (χ1v) is 6.59. The summed E-state index contributed by atoms with van der Waals surface area (Å²) in [5.74, 6) is 1.53. The zero-order chi connectivity index (χ0) is 12.0. The zero-order valence-electron chi connectivity index (χ0n) is 9.82. The lowest BCUT2D eigenvalue weighted by Crippen LogP contribution is -2.06. The fourth-order valence-corrected chi connectivity index (χ4v) is 2.26. The Balaban J connectivity index is 2.55. The van der Waals surface area contributed by atoms with Crippen molar-refractivity contribution in [1.29, 1.82) is 0 Å². The predicted molar refractivity (Wildman–Crippen MR) is 69.3 cm³/mol. The maximum absolute atomic E-state index is 11.9. The Morgan fingerprint density at radius 1 is 1.38 bits per heavy atom. The molecule has 1 N–H and O–H groups in total. The molecule has 0 atom stereocenters. The minimum atomic E-state index is 0.184. The minimum Gasteiger partial charge on any atom is -0.396 e. The summed E-state index contributed by atoms with van der Waals surface area (Å²) in [5.41, 5.74) is 2.99. The minimum absolute atomic E-state index is 0.184. The molecule has 0 amide bonds. The number of hydrogen-bond donors (Lipinski definition) is 1. The van der Waals surface area contributed by atoms with E-state index in [-0.39, 0.29) is 12.4 Å². The lowest BCUT2D eigenvalue weighted by molar-refractivity contribution is 0.102. The molecule has 0 bridgehead atoms. The Bertz CT molecular complexity index is 361. The highest BCUT2D eigenvalue weighted by Crippen LogP contribution is 2.14. The average molecular weight is 238 g/mol. The molecule has 2 nitrogen and oxygen atoms in total. The maximum atomic E-state index is 11.9. The topological polar surface area (TPSA) is 37.3 Å². The van der Waals surface area contributed by atoms with Gasteiger partial charge < -0.3 is 5.11 Å². The van der Waals surface area contributed by atoms with E-state index in [9.17, 15) is 4.79 Å². The van der Waals surface area contributed by atoms with E-state index in [0.717, 1.165) is 28.9 Å². The van der Waals surface area contributed by atoms with E-state index in [0.29, 0.717) is 5.75 Å². The quantitative estimate of drug-likeness (QED) is 0.611. The molecule has 88 valence electrons. The molecule has 16 heavy (non-hydrogen) atoms. The monoisotopic (exact) mass is 238 g/mol. The molecule has 0 heterocycles. The van der Waals surface area contributed by atoms with E-state index in [1.807, 2.05) is 32.0 Å². The maximum Gasteiger partial charge on any atom is 0.172 e. The fraction of sp³-hybridized carbons (Fsp3) is 0.462. The van der Waals surface area contributed by atoms with Gasteiger partial charge in [-0.15, -0.1) is 0 Å². The van der Waals surface area contributed by atoms with Gasteiger partial charge >= 0.3 is 0 Å². The zero-order valence-corrected chi connectivity index (χ0v) is 10.6. The third-order valence-electron chi connectivity index (χ3n) is 2.37. The number of carbonyl (C=O) groups is 1. The van der Waals surface area contributed by atoms with Gasteiger partial charge in [-0.1, -0.05) is 17.7 Å². The summed E-state index contributed by atoms with van der Waals surface area (Å²) in [6.45, 7) is 4.16. The number of thioether (sulfide) groups is 1. The van der Waals surface area contributed by atoms with E-state index >= 15 is 0 Å². The third kappa shape index (κ3) is 3.99. The van der Waals surface area contributed by atoms with Gasteiger partial charge in [-0.05, 0) is 37.7 Å². The van der Waals surface area contributed by atoms with Crippen LogP contribution in [0.25, 0.3) is 0 Å². The molecule has 1 aromatic rings. The number of aryl methyl sites for hydroxylation is 2. The molecule has 0 aliphatic rings. The summed E-state index contributed by atoms with van der Waals surface area (Å²) in [6, 6.07) is 5.95. The molecule has 0 saturated heterocycles. The van der Waals surface area contributed by atoms with Crippen LogP contribution in [0, 0.1) is 13.8 Å². The molecule has 0 spiro atoms. The first kappa shape index (κ1) is 13.3. The van der Waals surface area contributed by atoms with Crippen LogP contribution in [0.5, 0.6) is 0 Å². The number of rotatable bonds is 6. The van der Waals surface area contributed by atoms with Gasteiger partial charge in [0.1, 0.15) is 0 Å². The third-order valence-corrected chi connectivity index (χ3v) is 3.42.